The van der Waals surface area contributed by atoms with Gasteiger partial charge in [-0.15, -0.1) is 0 Å². The van der Waals surface area contributed by atoms with Gasteiger partial charge in [0.05, 0.1) is 35.3 Å². The lowest BCUT2D eigenvalue weighted by molar-refractivity contribution is -0.527. The fraction of sp³-hybridized carbons (Fsp3) is 0.781. The van der Waals surface area contributed by atoms with Crippen LogP contribution in [0, 0.1) is 28.6 Å². The van der Waals surface area contributed by atoms with Crippen molar-refractivity contribution in [3.63, 3.8) is 0 Å². The minimum absolute atomic E-state index is 0.0111. The normalized spacial score (nSPS) is 31.6. The topological polar surface area (TPSA) is 318 Å². The summed E-state index contributed by atoms with van der Waals surface area (Å²) in [5.41, 5.74) is 3.42. The minimum Gasteiger partial charge on any atom is -0.462 e. The van der Waals surface area contributed by atoms with E-state index in [0.29, 0.717) is 32.1 Å². The summed E-state index contributed by atoms with van der Waals surface area (Å²) in [6.45, 7) is 1.20. The van der Waals surface area contributed by atoms with E-state index in [9.17, 15) is 29.1 Å². The molecular weight excluding hydrogens is 728 g/mol. The van der Waals surface area contributed by atoms with Gasteiger partial charge in [-0.05, 0) is 74.2 Å². The van der Waals surface area contributed by atoms with Crippen LogP contribution in [0.5, 0.6) is 0 Å². The Morgan fingerprint density at radius 2 is 1.63 bits per heavy atom. The van der Waals surface area contributed by atoms with Gasteiger partial charge in [0.25, 0.3) is 0 Å². The van der Waals surface area contributed by atoms with E-state index in [-0.39, 0.29) is 55.8 Å². The second kappa shape index (κ2) is 18.3. The first-order chi connectivity index (χ1) is 25.3. The Hall–Kier alpha value is -3.07. The number of fused-ring (bicyclic) bond motifs is 5. The van der Waals surface area contributed by atoms with E-state index in [2.05, 4.69) is 21.4 Å². The zero-order chi connectivity index (χ0) is 40.0. The van der Waals surface area contributed by atoms with Gasteiger partial charge in [0, 0.05) is 18.3 Å². The first-order valence-electron chi connectivity index (χ1n) is 17.5. The van der Waals surface area contributed by atoms with Gasteiger partial charge in [0.2, 0.25) is 5.78 Å². The monoisotopic (exact) mass is 778 g/mol. The molecule has 9 N–H and O–H groups in total. The summed E-state index contributed by atoms with van der Waals surface area (Å²) in [5.74, 6) is -4.27. The van der Waals surface area contributed by atoms with Gasteiger partial charge in [-0.3, -0.25) is 60.1 Å². The summed E-state index contributed by atoms with van der Waals surface area (Å²) in [4.78, 5) is 78.3. The number of carbonyl (C=O) groups is 5. The van der Waals surface area contributed by atoms with Crippen molar-refractivity contribution in [1.29, 1.82) is 0 Å². The molecule has 54 heavy (non-hydrogen) atoms. The number of Topliss-reactive ketones (excluding diaryl/α,β-unsaturated/α-hetero) is 1. The van der Waals surface area contributed by atoms with Gasteiger partial charge in [-0.2, -0.15) is 0 Å². The number of carbonyl (C=O) groups excluding carboxylic acids is 5. The van der Waals surface area contributed by atoms with Crippen LogP contribution >= 0.6 is 0 Å². The number of ketones is 2. The Morgan fingerprint density at radius 1 is 0.926 bits per heavy atom. The largest absolute Gasteiger partial charge is 0.462 e. The molecule has 306 valence electrons. The molecule has 0 bridgehead atoms. The molecule has 0 radical (unpaired) electrons. The number of aliphatic hydroxyl groups excluding tert-OH is 1. The number of esters is 3. The van der Waals surface area contributed by atoms with Gasteiger partial charge in [0.15, 0.2) is 18.0 Å². The van der Waals surface area contributed by atoms with Crippen LogP contribution in [-0.2, 0) is 52.7 Å². The number of hydrogen-bond acceptors (Lipinski definition) is 22. The summed E-state index contributed by atoms with van der Waals surface area (Å²) in [5, 5.41) is 62.5. The van der Waals surface area contributed by atoms with Crippen molar-refractivity contribution in [2.75, 3.05) is 26.4 Å². The highest BCUT2D eigenvalue weighted by Gasteiger charge is 2.70. The van der Waals surface area contributed by atoms with E-state index < -0.39 is 101 Å². The van der Waals surface area contributed by atoms with Gasteiger partial charge in [-0.25, -0.2) is 9.68 Å². The molecule has 0 aromatic carbocycles. The molecule has 0 saturated heterocycles. The fourth-order valence-corrected chi connectivity index (χ4v) is 9.22. The maximum Gasteiger partial charge on any atom is 0.323 e. The van der Waals surface area contributed by atoms with E-state index in [0.717, 1.165) is 5.57 Å². The van der Waals surface area contributed by atoms with Gasteiger partial charge < -0.3 is 25.1 Å². The number of nitrogens with two attached hydrogens (primary N) is 1. The molecule has 22 nitrogen and oxygen atoms in total. The average molecular weight is 779 g/mol. The predicted molar refractivity (Wildman–Crippen MR) is 169 cm³/mol. The van der Waals surface area contributed by atoms with E-state index in [1.807, 2.05) is 0 Å². The van der Waals surface area contributed by atoms with Crippen LogP contribution in [0.4, 0.5) is 0 Å². The minimum atomic E-state index is -1.84. The molecule has 0 aromatic rings. The molecule has 0 aromatic heterocycles. The summed E-state index contributed by atoms with van der Waals surface area (Å²) in [6, 6.07) is -1.64. The van der Waals surface area contributed by atoms with Crippen LogP contribution in [0.1, 0.15) is 78.1 Å². The molecule has 9 atom stereocenters. The Balaban J connectivity index is 1.47. The third-order valence-corrected chi connectivity index (χ3v) is 11.6. The molecule has 4 aliphatic carbocycles. The van der Waals surface area contributed by atoms with Gasteiger partial charge >= 0.3 is 17.9 Å². The molecular formula is C32H50N4O18. The Labute approximate surface area is 309 Å². The number of aliphatic hydroxyl groups is 1. The summed E-state index contributed by atoms with van der Waals surface area (Å²) >= 11 is 0. The SMILES string of the molecule is C[C@]12CCC(=O)C=C1CCC1C3CC[C@](OC(=O)CCCON(O)O)(C(=O)COC(=O)CC(N)C(=O)OCC(CON(O)O)ON(O)O)[C@@]3(C)C[C@H](O)[C@@H]12. The van der Waals surface area contributed by atoms with Crippen LogP contribution in [-0.4, -0.2) is 132 Å². The Kier molecular flexibility index (Phi) is 14.8. The summed E-state index contributed by atoms with van der Waals surface area (Å²) in [7, 11) is 0. The molecule has 4 aliphatic rings. The molecule has 0 heterocycles. The number of rotatable bonds is 19. The van der Waals surface area contributed by atoms with Crippen molar-refractivity contribution in [3.8, 4) is 0 Å². The van der Waals surface area contributed by atoms with Crippen molar-refractivity contribution < 1.29 is 89.0 Å². The van der Waals surface area contributed by atoms with E-state index in [1.165, 1.54) is 0 Å². The van der Waals surface area contributed by atoms with Crippen LogP contribution in [0.15, 0.2) is 11.6 Å². The quantitative estimate of drug-likeness (QED) is 0.0379. The number of nitrogens with zero attached hydrogens (tertiary/aromatic N) is 3. The lowest BCUT2D eigenvalue weighted by Crippen LogP contribution is -2.63. The number of allylic oxidation sites excluding steroid dienone is 1. The van der Waals surface area contributed by atoms with Crippen LogP contribution in [0.25, 0.3) is 0 Å². The third kappa shape index (κ3) is 9.83. The zero-order valence-corrected chi connectivity index (χ0v) is 30.0. The molecule has 0 aliphatic heterocycles. The van der Waals surface area contributed by atoms with E-state index in [4.69, 9.17) is 51.2 Å². The Bertz CT molecular complexity index is 1410. The molecule has 0 amide bonds. The van der Waals surface area contributed by atoms with Crippen LogP contribution < -0.4 is 5.73 Å². The van der Waals surface area contributed by atoms with Crippen LogP contribution in [0.3, 0.4) is 0 Å². The number of ether oxygens (including phenoxy) is 3. The molecule has 4 unspecified atom stereocenters. The highest BCUT2D eigenvalue weighted by atomic mass is 17.1. The van der Waals surface area contributed by atoms with E-state index >= 15 is 0 Å². The molecule has 3 saturated carbocycles. The summed E-state index contributed by atoms with van der Waals surface area (Å²) in [6.07, 6.45) is 1.04. The van der Waals surface area contributed by atoms with Crippen molar-refractivity contribution in [3.05, 3.63) is 11.6 Å². The van der Waals surface area contributed by atoms with Gasteiger partial charge in [-0.1, -0.05) is 19.4 Å². The fourth-order valence-electron chi connectivity index (χ4n) is 9.22. The van der Waals surface area contributed by atoms with Gasteiger partial charge in [0.1, 0.15) is 25.4 Å². The lowest BCUT2D eigenvalue weighted by atomic mass is 9.45. The zero-order valence-electron chi connectivity index (χ0n) is 30.0. The maximum atomic E-state index is 14.3. The lowest BCUT2D eigenvalue weighted by Gasteiger charge is -2.60. The highest BCUT2D eigenvalue weighted by Crippen LogP contribution is 2.68. The first kappa shape index (κ1) is 43.7. The summed E-state index contributed by atoms with van der Waals surface area (Å²) < 4.78 is 16.2. The number of hydrogen-bond donors (Lipinski definition) is 8. The second-order valence-electron chi connectivity index (χ2n) is 14.7. The van der Waals surface area contributed by atoms with Crippen molar-refractivity contribution in [1.82, 2.24) is 16.2 Å². The molecule has 3 fully saturated rings. The van der Waals surface area contributed by atoms with E-state index in [1.54, 1.807) is 13.0 Å². The molecule has 4 rings (SSSR count). The highest BCUT2D eigenvalue weighted by molar-refractivity contribution is 5.94. The van der Waals surface area contributed by atoms with Crippen LogP contribution in [0.2, 0.25) is 0 Å². The van der Waals surface area contributed by atoms with Crippen molar-refractivity contribution >= 4 is 29.5 Å². The Morgan fingerprint density at radius 3 is 2.30 bits per heavy atom. The molecule has 22 heteroatoms. The predicted octanol–water partition coefficient (Wildman–Crippen LogP) is 0.329. The molecule has 0 spiro atoms. The third-order valence-electron chi connectivity index (χ3n) is 11.6. The maximum absolute atomic E-state index is 14.3. The second-order valence-corrected chi connectivity index (χ2v) is 14.7. The average Bonchev–Trinajstić information content (AvgIpc) is 3.38. The smallest absolute Gasteiger partial charge is 0.323 e. The van der Waals surface area contributed by atoms with Crippen molar-refractivity contribution in [2.24, 2.45) is 34.3 Å². The van der Waals surface area contributed by atoms with Crippen molar-refractivity contribution in [2.45, 2.75) is 102 Å². The standard InChI is InChI=1S/C32H50N4O18/c1-30-9-7-19(37)12-18(30)5-6-21-22-8-10-32(31(22,2)14-24(38)28(21)30,53-26(40)4-3-11-51-34(43)44)25(39)17-49-27(41)13-23(33)29(42)50-15-20(54-36(47)48)16-52-35(45)46/h12,20-24,28,38,43-48H,3-11,13-17,33H2,1-2H3/t20?,21?,22?,23?,24-,28+,30-,31-,32-/m0/s1. The first-order valence-corrected chi connectivity index (χ1v) is 17.5.